The van der Waals surface area contributed by atoms with E-state index in [9.17, 15) is 21.6 Å². The molecular weight excluding hydrogens is 473 g/mol. The average molecular weight is 507 g/mol. The van der Waals surface area contributed by atoms with Crippen molar-refractivity contribution >= 4 is 30.1 Å². The third-order valence-corrected chi connectivity index (χ3v) is 7.08. The van der Waals surface area contributed by atoms with Crippen LogP contribution in [0.25, 0.3) is 10.9 Å². The summed E-state index contributed by atoms with van der Waals surface area (Å²) in [4.78, 5) is 6.44. The molecule has 2 aromatic rings. The Balaban J connectivity index is 2.73. The van der Waals surface area contributed by atoms with E-state index in [-0.39, 0.29) is 17.6 Å². The van der Waals surface area contributed by atoms with E-state index in [4.69, 9.17) is 4.43 Å². The molecule has 2 atom stereocenters. The van der Waals surface area contributed by atoms with Crippen molar-refractivity contribution in [3.05, 3.63) is 35.9 Å². The number of fused-ring (bicyclic) bond motifs is 1. The lowest BCUT2D eigenvalue weighted by Crippen LogP contribution is -2.46. The molecule has 0 bridgehead atoms. The normalized spacial score (nSPS) is 15.3. The van der Waals surface area contributed by atoms with Crippen LogP contribution in [0.3, 0.4) is 0 Å². The Morgan fingerprint density at radius 2 is 1.67 bits per heavy atom. The van der Waals surface area contributed by atoms with Gasteiger partial charge in [-0.2, -0.15) is 21.6 Å². The van der Waals surface area contributed by atoms with E-state index in [1.807, 2.05) is 26.0 Å². The summed E-state index contributed by atoms with van der Waals surface area (Å²) in [5.41, 5.74) is -4.66. The Labute approximate surface area is 195 Å². The zero-order chi connectivity index (χ0) is 25.2. The SMILES string of the molecule is CCN(CC)C(c1cccc2ccc(OS(=O)(=O)C(F)(F)F)nc12)C(O[SiH](C)C)C(C)(C)C. The highest BCUT2D eigenvalue weighted by atomic mass is 32.2. The van der Waals surface area contributed by atoms with Crippen LogP contribution in [0.1, 0.15) is 46.2 Å². The summed E-state index contributed by atoms with van der Waals surface area (Å²) >= 11 is 0. The molecule has 1 aromatic carbocycles. The van der Waals surface area contributed by atoms with Gasteiger partial charge in [0.05, 0.1) is 17.7 Å². The highest BCUT2D eigenvalue weighted by molar-refractivity contribution is 7.87. The van der Waals surface area contributed by atoms with Crippen LogP contribution in [0.4, 0.5) is 13.2 Å². The fourth-order valence-electron chi connectivity index (χ4n) is 3.81. The van der Waals surface area contributed by atoms with Crippen molar-refractivity contribution in [1.29, 1.82) is 0 Å². The Kier molecular flexibility index (Phi) is 8.59. The van der Waals surface area contributed by atoms with E-state index in [0.717, 1.165) is 11.6 Å². The van der Waals surface area contributed by atoms with Gasteiger partial charge in [-0.15, -0.1) is 0 Å². The summed E-state index contributed by atoms with van der Waals surface area (Å²) in [7, 11) is -7.29. The monoisotopic (exact) mass is 506 g/mol. The molecule has 0 saturated carbocycles. The van der Waals surface area contributed by atoms with Gasteiger partial charge in [0.15, 0.2) is 9.04 Å². The minimum Gasteiger partial charge on any atom is -0.415 e. The number of benzene rings is 1. The minimum atomic E-state index is -5.83. The fraction of sp³-hybridized carbons (Fsp3) is 0.591. The molecule has 0 aliphatic heterocycles. The second-order valence-electron chi connectivity index (χ2n) is 9.19. The summed E-state index contributed by atoms with van der Waals surface area (Å²) in [6, 6.07) is 7.88. The maximum absolute atomic E-state index is 12.8. The number of aromatic nitrogens is 1. The largest absolute Gasteiger partial charge is 0.534 e. The molecular formula is C22H33F3N2O4SSi. The minimum absolute atomic E-state index is 0.222. The first-order valence-corrected chi connectivity index (χ1v) is 15.1. The summed E-state index contributed by atoms with van der Waals surface area (Å²) < 4.78 is 72.4. The predicted octanol–water partition coefficient (Wildman–Crippen LogP) is 5.26. The van der Waals surface area contributed by atoms with Crippen LogP contribution in [-0.2, 0) is 14.5 Å². The van der Waals surface area contributed by atoms with Crippen molar-refractivity contribution < 1.29 is 30.2 Å². The van der Waals surface area contributed by atoms with E-state index in [2.05, 4.69) is 47.9 Å². The fourth-order valence-corrected chi connectivity index (χ4v) is 5.37. The Morgan fingerprint density at radius 3 is 2.15 bits per heavy atom. The number of pyridine rings is 1. The molecule has 0 fully saturated rings. The van der Waals surface area contributed by atoms with Crippen LogP contribution in [0.15, 0.2) is 30.3 Å². The van der Waals surface area contributed by atoms with Gasteiger partial charge in [-0.3, -0.25) is 4.90 Å². The third-order valence-electron chi connectivity index (χ3n) is 5.29. The van der Waals surface area contributed by atoms with Gasteiger partial charge in [0.25, 0.3) is 0 Å². The molecule has 2 rings (SSSR count). The van der Waals surface area contributed by atoms with Crippen molar-refractivity contribution in [2.24, 2.45) is 5.41 Å². The Morgan fingerprint density at radius 1 is 1.06 bits per heavy atom. The second-order valence-corrected chi connectivity index (χ2v) is 13.1. The molecule has 33 heavy (non-hydrogen) atoms. The maximum atomic E-state index is 12.8. The zero-order valence-corrected chi connectivity index (χ0v) is 22.1. The summed E-state index contributed by atoms with van der Waals surface area (Å²) in [6.45, 7) is 16.0. The van der Waals surface area contributed by atoms with Crippen LogP contribution in [0.5, 0.6) is 5.88 Å². The highest BCUT2D eigenvalue weighted by Crippen LogP contribution is 2.40. The molecule has 11 heteroatoms. The van der Waals surface area contributed by atoms with Crippen molar-refractivity contribution in [3.63, 3.8) is 0 Å². The number of para-hydroxylation sites is 1. The first-order chi connectivity index (χ1) is 15.1. The first kappa shape index (κ1) is 27.6. The molecule has 6 nitrogen and oxygen atoms in total. The number of alkyl halides is 3. The maximum Gasteiger partial charge on any atom is 0.534 e. The molecule has 2 unspecified atom stereocenters. The smallest absolute Gasteiger partial charge is 0.415 e. The van der Waals surface area contributed by atoms with Gasteiger partial charge in [0.2, 0.25) is 5.88 Å². The molecule has 0 radical (unpaired) electrons. The van der Waals surface area contributed by atoms with Gasteiger partial charge in [-0.25, -0.2) is 4.98 Å². The quantitative estimate of drug-likeness (QED) is 0.263. The van der Waals surface area contributed by atoms with E-state index in [1.54, 1.807) is 6.07 Å². The molecule has 186 valence electrons. The van der Waals surface area contributed by atoms with E-state index in [0.29, 0.717) is 24.0 Å². The van der Waals surface area contributed by atoms with Crippen LogP contribution in [-0.4, -0.2) is 52.0 Å². The topological polar surface area (TPSA) is 68.7 Å². The standard InChI is InChI=1S/C22H33F3N2O4SSi/c1-8-27(9-2)19(20(21(3,4)5)31-33(6)7)16-12-10-11-15-13-14-17(26-18(15)16)30-32(28,29)22(23,24)25/h10-14,19-20,33H,8-9H2,1-7H3. The highest BCUT2D eigenvalue weighted by Gasteiger charge is 2.49. The number of hydrogen-bond acceptors (Lipinski definition) is 6. The van der Waals surface area contributed by atoms with Gasteiger partial charge in [0.1, 0.15) is 0 Å². The molecule has 1 heterocycles. The van der Waals surface area contributed by atoms with Crippen molar-refractivity contribution in [1.82, 2.24) is 9.88 Å². The summed E-state index contributed by atoms with van der Waals surface area (Å²) in [5, 5.41) is 0.663. The van der Waals surface area contributed by atoms with Gasteiger partial charge in [0, 0.05) is 11.5 Å². The van der Waals surface area contributed by atoms with E-state index < -0.39 is 30.5 Å². The van der Waals surface area contributed by atoms with Gasteiger partial charge in [-0.05, 0) is 43.2 Å². The number of nitrogens with zero attached hydrogens (tertiary/aromatic N) is 2. The first-order valence-electron chi connectivity index (χ1n) is 10.9. The van der Waals surface area contributed by atoms with E-state index in [1.165, 1.54) is 6.07 Å². The lowest BCUT2D eigenvalue weighted by atomic mass is 9.81. The van der Waals surface area contributed by atoms with Crippen LogP contribution < -0.4 is 4.18 Å². The average Bonchev–Trinajstić information content (AvgIpc) is 2.68. The lowest BCUT2D eigenvalue weighted by Gasteiger charge is -2.43. The van der Waals surface area contributed by atoms with Crippen molar-refractivity contribution in [3.8, 4) is 5.88 Å². The van der Waals surface area contributed by atoms with Crippen molar-refractivity contribution in [2.75, 3.05) is 13.1 Å². The lowest BCUT2D eigenvalue weighted by molar-refractivity contribution is -0.0501. The van der Waals surface area contributed by atoms with E-state index >= 15 is 0 Å². The third kappa shape index (κ3) is 6.46. The number of hydrogen-bond donors (Lipinski definition) is 0. The zero-order valence-electron chi connectivity index (χ0n) is 20.1. The second kappa shape index (κ2) is 10.3. The van der Waals surface area contributed by atoms with Gasteiger partial charge in [-0.1, -0.05) is 52.8 Å². The summed E-state index contributed by atoms with van der Waals surface area (Å²) in [6.07, 6.45) is -0.222. The van der Waals surface area contributed by atoms with Crippen molar-refractivity contribution in [2.45, 2.75) is 65.4 Å². The van der Waals surface area contributed by atoms with Gasteiger partial charge < -0.3 is 8.61 Å². The molecule has 0 aliphatic rings. The Hall–Kier alpha value is -1.69. The molecule has 0 aliphatic carbocycles. The Bertz CT molecular complexity index is 1050. The number of likely N-dealkylation sites (N-methyl/N-ethyl adjacent to an activating group) is 1. The predicted molar refractivity (Wildman–Crippen MR) is 126 cm³/mol. The van der Waals surface area contributed by atoms with Crippen LogP contribution >= 0.6 is 0 Å². The molecule has 0 spiro atoms. The summed E-state index contributed by atoms with van der Waals surface area (Å²) in [5.74, 6) is -0.628. The van der Waals surface area contributed by atoms with Crippen LogP contribution in [0.2, 0.25) is 13.1 Å². The molecule has 0 saturated heterocycles. The van der Waals surface area contributed by atoms with Crippen LogP contribution in [0, 0.1) is 5.41 Å². The molecule has 0 amide bonds. The number of halogens is 3. The molecule has 0 N–H and O–H groups in total. The van der Waals surface area contributed by atoms with Gasteiger partial charge >= 0.3 is 15.6 Å². The molecule has 1 aromatic heterocycles. The number of rotatable bonds is 9.